The molecule has 0 aliphatic rings. The number of rotatable bonds is 9. The highest BCUT2D eigenvalue weighted by Crippen LogP contribution is 2.05. The Morgan fingerprint density at radius 1 is 1.05 bits per heavy atom. The van der Waals surface area contributed by atoms with E-state index in [4.69, 9.17) is 9.47 Å². The molecule has 20 heavy (non-hydrogen) atoms. The Morgan fingerprint density at radius 3 is 2.35 bits per heavy atom. The van der Waals surface area contributed by atoms with Gasteiger partial charge in [0.25, 0.3) is 5.91 Å². The van der Waals surface area contributed by atoms with E-state index in [0.717, 1.165) is 18.7 Å². The Kier molecular flexibility index (Phi) is 11.0. The van der Waals surface area contributed by atoms with Crippen molar-refractivity contribution in [3.63, 3.8) is 0 Å². The molecule has 0 aliphatic heterocycles. The lowest BCUT2D eigenvalue weighted by Crippen LogP contribution is -2.33. The molecule has 0 fully saturated rings. The number of carbonyl (C=O) groups excluding carboxylic acids is 1. The maximum Gasteiger partial charge on any atom is 0.251 e. The number of hydrogen-bond acceptors (Lipinski definition) is 4. The lowest BCUT2D eigenvalue weighted by Gasteiger charge is -2.07. The monoisotopic (exact) mass is 302 g/mol. The number of amides is 1. The van der Waals surface area contributed by atoms with Crippen LogP contribution in [0.25, 0.3) is 0 Å². The Morgan fingerprint density at radius 2 is 1.75 bits per heavy atom. The van der Waals surface area contributed by atoms with E-state index in [1.165, 1.54) is 0 Å². The van der Waals surface area contributed by atoms with Gasteiger partial charge in [0.2, 0.25) is 0 Å². The Labute approximate surface area is 126 Å². The van der Waals surface area contributed by atoms with Gasteiger partial charge in [-0.3, -0.25) is 4.79 Å². The second-order valence-electron chi connectivity index (χ2n) is 4.13. The standard InChI is InChI=1S/C14H22N2O3.ClH/c1-18-10-9-15-7-8-16-14(17)13-5-3-12(4-6-13)11-19-2;/h3-6,15H,7-11H2,1-2H3,(H,16,17);1H. The minimum atomic E-state index is -0.0579. The lowest BCUT2D eigenvalue weighted by atomic mass is 10.1. The molecule has 1 rings (SSSR count). The molecule has 0 saturated heterocycles. The summed E-state index contributed by atoms with van der Waals surface area (Å²) in [5.74, 6) is -0.0579. The van der Waals surface area contributed by atoms with Crippen molar-refractivity contribution in [2.24, 2.45) is 0 Å². The fourth-order valence-electron chi connectivity index (χ4n) is 1.58. The van der Waals surface area contributed by atoms with Gasteiger partial charge in [-0.05, 0) is 17.7 Å². The first-order valence-corrected chi connectivity index (χ1v) is 6.33. The van der Waals surface area contributed by atoms with Gasteiger partial charge in [0.15, 0.2) is 0 Å². The van der Waals surface area contributed by atoms with Crippen LogP contribution < -0.4 is 10.6 Å². The van der Waals surface area contributed by atoms with Crippen LogP contribution in [0.3, 0.4) is 0 Å². The fraction of sp³-hybridized carbons (Fsp3) is 0.500. The van der Waals surface area contributed by atoms with Crippen LogP contribution in [0.15, 0.2) is 24.3 Å². The van der Waals surface area contributed by atoms with Crippen molar-refractivity contribution in [3.05, 3.63) is 35.4 Å². The molecule has 0 spiro atoms. The molecular formula is C14H23ClN2O3. The molecule has 0 saturated carbocycles. The third-order valence-corrected chi connectivity index (χ3v) is 2.60. The number of halogens is 1. The van der Waals surface area contributed by atoms with Crippen molar-refractivity contribution < 1.29 is 14.3 Å². The average Bonchev–Trinajstić information content (AvgIpc) is 2.43. The van der Waals surface area contributed by atoms with Crippen LogP contribution >= 0.6 is 12.4 Å². The number of nitrogens with one attached hydrogen (secondary N) is 2. The minimum absolute atomic E-state index is 0. The number of ether oxygens (including phenoxy) is 2. The van der Waals surface area contributed by atoms with Gasteiger partial charge in [-0.2, -0.15) is 0 Å². The molecule has 1 amide bonds. The number of carbonyl (C=O) groups is 1. The summed E-state index contributed by atoms with van der Waals surface area (Å²) in [6, 6.07) is 7.41. The van der Waals surface area contributed by atoms with Gasteiger partial charge in [0, 0.05) is 39.4 Å². The predicted molar refractivity (Wildman–Crippen MR) is 81.5 cm³/mol. The summed E-state index contributed by atoms with van der Waals surface area (Å²) < 4.78 is 9.93. The van der Waals surface area contributed by atoms with Crippen LogP contribution in [0, 0.1) is 0 Å². The van der Waals surface area contributed by atoms with Gasteiger partial charge < -0.3 is 20.1 Å². The number of benzene rings is 1. The smallest absolute Gasteiger partial charge is 0.251 e. The summed E-state index contributed by atoms with van der Waals surface area (Å²) >= 11 is 0. The molecule has 1 aromatic carbocycles. The van der Waals surface area contributed by atoms with Gasteiger partial charge in [-0.25, -0.2) is 0 Å². The highest BCUT2D eigenvalue weighted by Gasteiger charge is 2.04. The van der Waals surface area contributed by atoms with Crippen molar-refractivity contribution in [1.29, 1.82) is 0 Å². The second kappa shape index (κ2) is 11.7. The van der Waals surface area contributed by atoms with Crippen molar-refractivity contribution >= 4 is 18.3 Å². The predicted octanol–water partition coefficient (Wildman–Crippen LogP) is 1.22. The third kappa shape index (κ3) is 7.45. The zero-order valence-corrected chi connectivity index (χ0v) is 12.8. The zero-order chi connectivity index (χ0) is 13.9. The Balaban J connectivity index is 0.00000361. The van der Waals surface area contributed by atoms with Crippen molar-refractivity contribution in [2.45, 2.75) is 6.61 Å². The molecule has 0 atom stereocenters. The van der Waals surface area contributed by atoms with Crippen LogP contribution in [-0.2, 0) is 16.1 Å². The maximum absolute atomic E-state index is 11.8. The van der Waals surface area contributed by atoms with E-state index < -0.39 is 0 Å². The topological polar surface area (TPSA) is 59.6 Å². The minimum Gasteiger partial charge on any atom is -0.383 e. The summed E-state index contributed by atoms with van der Waals surface area (Å²) in [6.07, 6.45) is 0. The molecule has 0 heterocycles. The van der Waals surface area contributed by atoms with E-state index in [1.54, 1.807) is 14.2 Å². The molecule has 2 N–H and O–H groups in total. The zero-order valence-electron chi connectivity index (χ0n) is 12.0. The molecule has 1 aromatic rings. The summed E-state index contributed by atoms with van der Waals surface area (Å²) in [4.78, 5) is 11.8. The molecule has 6 heteroatoms. The fourth-order valence-corrected chi connectivity index (χ4v) is 1.58. The summed E-state index contributed by atoms with van der Waals surface area (Å²) in [5, 5.41) is 6.02. The molecule has 114 valence electrons. The third-order valence-electron chi connectivity index (χ3n) is 2.60. The van der Waals surface area contributed by atoms with Gasteiger partial charge >= 0.3 is 0 Å². The van der Waals surface area contributed by atoms with E-state index in [2.05, 4.69) is 10.6 Å². The first kappa shape index (κ1) is 18.9. The molecular weight excluding hydrogens is 280 g/mol. The molecule has 5 nitrogen and oxygen atoms in total. The van der Waals surface area contributed by atoms with E-state index in [9.17, 15) is 4.79 Å². The van der Waals surface area contributed by atoms with Crippen molar-refractivity contribution in [1.82, 2.24) is 10.6 Å². The average molecular weight is 303 g/mol. The van der Waals surface area contributed by atoms with E-state index >= 15 is 0 Å². The Hall–Kier alpha value is -1.14. The van der Waals surface area contributed by atoms with Gasteiger partial charge in [-0.1, -0.05) is 12.1 Å². The SMILES string of the molecule is COCCNCCNC(=O)c1ccc(COC)cc1.Cl. The molecule has 0 bridgehead atoms. The van der Waals surface area contributed by atoms with Crippen LogP contribution in [0.2, 0.25) is 0 Å². The summed E-state index contributed by atoms with van der Waals surface area (Å²) in [5.41, 5.74) is 1.72. The second-order valence-corrected chi connectivity index (χ2v) is 4.13. The quantitative estimate of drug-likeness (QED) is 0.674. The molecule has 0 aliphatic carbocycles. The van der Waals surface area contributed by atoms with Crippen molar-refractivity contribution in [2.75, 3.05) is 40.5 Å². The lowest BCUT2D eigenvalue weighted by molar-refractivity contribution is 0.0953. The van der Waals surface area contributed by atoms with Gasteiger partial charge in [-0.15, -0.1) is 12.4 Å². The highest BCUT2D eigenvalue weighted by molar-refractivity contribution is 5.94. The highest BCUT2D eigenvalue weighted by atomic mass is 35.5. The Bertz CT molecular complexity index is 371. The van der Waals surface area contributed by atoms with Crippen LogP contribution in [0.5, 0.6) is 0 Å². The first-order valence-electron chi connectivity index (χ1n) is 6.33. The van der Waals surface area contributed by atoms with Crippen LogP contribution in [0.1, 0.15) is 15.9 Å². The number of hydrogen-bond donors (Lipinski definition) is 2. The van der Waals surface area contributed by atoms with Crippen molar-refractivity contribution in [3.8, 4) is 0 Å². The van der Waals surface area contributed by atoms with Crippen LogP contribution in [0.4, 0.5) is 0 Å². The van der Waals surface area contributed by atoms with Crippen LogP contribution in [-0.4, -0.2) is 46.4 Å². The van der Waals surface area contributed by atoms with Gasteiger partial charge in [0.1, 0.15) is 0 Å². The molecule has 0 radical (unpaired) electrons. The first-order chi connectivity index (χ1) is 9.27. The number of methoxy groups -OCH3 is 2. The van der Waals surface area contributed by atoms with E-state index in [1.807, 2.05) is 24.3 Å². The normalized spacial score (nSPS) is 9.90. The molecule has 0 aromatic heterocycles. The van der Waals surface area contributed by atoms with E-state index in [-0.39, 0.29) is 18.3 Å². The van der Waals surface area contributed by atoms with E-state index in [0.29, 0.717) is 25.3 Å². The maximum atomic E-state index is 11.8. The summed E-state index contributed by atoms with van der Waals surface area (Å²) in [6.45, 7) is 3.36. The van der Waals surface area contributed by atoms with Gasteiger partial charge in [0.05, 0.1) is 13.2 Å². The molecule has 0 unspecified atom stereocenters. The largest absolute Gasteiger partial charge is 0.383 e. The summed E-state index contributed by atoms with van der Waals surface area (Å²) in [7, 11) is 3.31.